The smallest absolute Gasteiger partial charge is 0.120 e. The van der Waals surface area contributed by atoms with Crippen LogP contribution in [-0.2, 0) is 0 Å². The molecule has 1 aromatic rings. The Bertz CT molecular complexity index is 321. The summed E-state index contributed by atoms with van der Waals surface area (Å²) in [5.41, 5.74) is 1.34. The van der Waals surface area contributed by atoms with Crippen molar-refractivity contribution in [3.63, 3.8) is 0 Å². The van der Waals surface area contributed by atoms with Gasteiger partial charge in [-0.25, -0.2) is 0 Å². The van der Waals surface area contributed by atoms with Gasteiger partial charge in [-0.15, -0.1) is 0 Å². The number of hydrogen-bond donors (Lipinski definition) is 1. The summed E-state index contributed by atoms with van der Waals surface area (Å²) in [6, 6.07) is 6.68. The first-order valence-electron chi connectivity index (χ1n) is 4.88. The van der Waals surface area contributed by atoms with Crippen molar-refractivity contribution >= 4 is 15.9 Å². The van der Waals surface area contributed by atoms with Gasteiger partial charge in [0.25, 0.3) is 0 Å². The van der Waals surface area contributed by atoms with Crippen LogP contribution in [0.5, 0.6) is 5.75 Å². The number of hydrogen-bond acceptors (Lipinski definition) is 2. The Labute approximate surface area is 92.8 Å². The summed E-state index contributed by atoms with van der Waals surface area (Å²) in [5.74, 6) is 0.902. The van der Waals surface area contributed by atoms with E-state index in [0.29, 0.717) is 6.04 Å². The first-order chi connectivity index (χ1) is 6.81. The second-order valence-corrected chi connectivity index (χ2v) is 4.39. The highest BCUT2D eigenvalue weighted by molar-refractivity contribution is 9.10. The fourth-order valence-corrected chi connectivity index (χ4v) is 2.50. The lowest BCUT2D eigenvalue weighted by molar-refractivity contribution is 0.414. The maximum Gasteiger partial charge on any atom is 0.120 e. The third-order valence-electron chi connectivity index (χ3n) is 2.64. The largest absolute Gasteiger partial charge is 0.497 e. The van der Waals surface area contributed by atoms with Crippen molar-refractivity contribution in [2.75, 3.05) is 13.7 Å². The Hall–Kier alpha value is -0.540. The molecule has 0 spiro atoms. The van der Waals surface area contributed by atoms with Crippen LogP contribution in [0.1, 0.15) is 24.4 Å². The van der Waals surface area contributed by atoms with Crippen LogP contribution >= 0.6 is 15.9 Å². The molecule has 0 aliphatic carbocycles. The molecule has 2 nitrogen and oxygen atoms in total. The number of nitrogens with one attached hydrogen (secondary N) is 1. The van der Waals surface area contributed by atoms with Gasteiger partial charge in [-0.3, -0.25) is 0 Å². The molecule has 1 saturated heterocycles. The minimum Gasteiger partial charge on any atom is -0.497 e. The molecule has 2 rings (SSSR count). The van der Waals surface area contributed by atoms with E-state index in [1.165, 1.54) is 18.4 Å². The quantitative estimate of drug-likeness (QED) is 0.878. The summed E-state index contributed by atoms with van der Waals surface area (Å²) in [7, 11) is 1.69. The molecule has 14 heavy (non-hydrogen) atoms. The number of ether oxygens (including phenoxy) is 1. The summed E-state index contributed by atoms with van der Waals surface area (Å²) in [6.45, 7) is 1.13. The van der Waals surface area contributed by atoms with E-state index in [1.54, 1.807) is 7.11 Å². The Morgan fingerprint density at radius 2 is 2.36 bits per heavy atom. The lowest BCUT2D eigenvalue weighted by Crippen LogP contribution is -2.13. The predicted octanol–water partition coefficient (Wildman–Crippen LogP) is 2.88. The molecule has 1 aromatic carbocycles. The lowest BCUT2D eigenvalue weighted by Gasteiger charge is -2.13. The molecule has 0 saturated carbocycles. The van der Waals surface area contributed by atoms with Crippen LogP contribution in [0.2, 0.25) is 0 Å². The lowest BCUT2D eigenvalue weighted by atomic mass is 10.1. The van der Waals surface area contributed by atoms with Crippen molar-refractivity contribution in [3.05, 3.63) is 28.2 Å². The zero-order valence-corrected chi connectivity index (χ0v) is 9.80. The van der Waals surface area contributed by atoms with Gasteiger partial charge in [0, 0.05) is 10.5 Å². The molecule has 1 heterocycles. The maximum atomic E-state index is 5.16. The SMILES string of the molecule is COc1ccc([C@H]2CCCN2)c(Br)c1. The minimum absolute atomic E-state index is 0.510. The zero-order valence-electron chi connectivity index (χ0n) is 8.22. The number of halogens is 1. The van der Waals surface area contributed by atoms with Crippen LogP contribution in [-0.4, -0.2) is 13.7 Å². The first-order valence-corrected chi connectivity index (χ1v) is 5.67. The zero-order chi connectivity index (χ0) is 9.97. The Kier molecular flexibility index (Phi) is 3.08. The molecule has 76 valence electrons. The Balaban J connectivity index is 2.25. The van der Waals surface area contributed by atoms with Gasteiger partial charge >= 0.3 is 0 Å². The monoisotopic (exact) mass is 255 g/mol. The van der Waals surface area contributed by atoms with Gasteiger partial charge in [-0.2, -0.15) is 0 Å². The summed E-state index contributed by atoms with van der Waals surface area (Å²) < 4.78 is 6.30. The van der Waals surface area contributed by atoms with Crippen LogP contribution in [0.25, 0.3) is 0 Å². The highest BCUT2D eigenvalue weighted by Crippen LogP contribution is 2.31. The van der Waals surface area contributed by atoms with Crippen molar-refractivity contribution < 1.29 is 4.74 Å². The molecule has 3 heteroatoms. The third kappa shape index (κ3) is 1.93. The molecule has 0 amide bonds. The fraction of sp³-hybridized carbons (Fsp3) is 0.455. The maximum absolute atomic E-state index is 5.16. The molecule has 0 bridgehead atoms. The van der Waals surface area contributed by atoms with Crippen LogP contribution in [0.4, 0.5) is 0 Å². The van der Waals surface area contributed by atoms with Crippen molar-refractivity contribution in [1.82, 2.24) is 5.32 Å². The van der Waals surface area contributed by atoms with Gasteiger partial charge < -0.3 is 10.1 Å². The average Bonchev–Trinajstić information content (AvgIpc) is 2.70. The van der Waals surface area contributed by atoms with Crippen molar-refractivity contribution in [2.45, 2.75) is 18.9 Å². The Morgan fingerprint density at radius 3 is 2.93 bits per heavy atom. The van der Waals surface area contributed by atoms with Gasteiger partial charge in [0.05, 0.1) is 7.11 Å². The molecule has 1 aliphatic rings. The van der Waals surface area contributed by atoms with Crippen LogP contribution < -0.4 is 10.1 Å². The number of benzene rings is 1. The summed E-state index contributed by atoms with van der Waals surface area (Å²) in [4.78, 5) is 0. The molecule has 1 N–H and O–H groups in total. The molecule has 1 atom stereocenters. The second kappa shape index (κ2) is 4.32. The summed E-state index contributed by atoms with van der Waals surface area (Å²) in [5, 5.41) is 3.48. The van der Waals surface area contributed by atoms with E-state index in [2.05, 4.69) is 27.3 Å². The van der Waals surface area contributed by atoms with Crippen molar-refractivity contribution in [3.8, 4) is 5.75 Å². The van der Waals surface area contributed by atoms with E-state index < -0.39 is 0 Å². The predicted molar refractivity (Wildman–Crippen MR) is 60.7 cm³/mol. The molecule has 1 aliphatic heterocycles. The van der Waals surface area contributed by atoms with Crippen LogP contribution in [0, 0.1) is 0 Å². The van der Waals surface area contributed by atoms with Gasteiger partial charge in [0.1, 0.15) is 5.75 Å². The average molecular weight is 256 g/mol. The van der Waals surface area contributed by atoms with E-state index in [4.69, 9.17) is 4.74 Å². The number of methoxy groups -OCH3 is 1. The third-order valence-corrected chi connectivity index (χ3v) is 3.33. The standard InChI is InChI=1S/C11H14BrNO/c1-14-8-4-5-9(10(12)7-8)11-3-2-6-13-11/h4-5,7,11,13H,2-3,6H2,1H3/t11-/m1/s1. The molecular weight excluding hydrogens is 242 g/mol. The highest BCUT2D eigenvalue weighted by atomic mass is 79.9. The number of rotatable bonds is 2. The van der Waals surface area contributed by atoms with Gasteiger partial charge in [0.2, 0.25) is 0 Å². The second-order valence-electron chi connectivity index (χ2n) is 3.54. The summed E-state index contributed by atoms with van der Waals surface area (Å²) >= 11 is 3.58. The fourth-order valence-electron chi connectivity index (χ4n) is 1.87. The van der Waals surface area contributed by atoms with Gasteiger partial charge in [-0.1, -0.05) is 22.0 Å². The van der Waals surface area contributed by atoms with E-state index >= 15 is 0 Å². The van der Waals surface area contributed by atoms with Crippen LogP contribution in [0.15, 0.2) is 22.7 Å². The van der Waals surface area contributed by atoms with Crippen molar-refractivity contribution in [2.24, 2.45) is 0 Å². The topological polar surface area (TPSA) is 21.3 Å². The summed E-state index contributed by atoms with van der Waals surface area (Å²) in [6.07, 6.45) is 2.49. The van der Waals surface area contributed by atoms with E-state index in [9.17, 15) is 0 Å². The van der Waals surface area contributed by atoms with E-state index in [1.807, 2.05) is 12.1 Å². The van der Waals surface area contributed by atoms with Gasteiger partial charge in [0.15, 0.2) is 0 Å². The first kappa shape index (κ1) is 9.99. The van der Waals surface area contributed by atoms with Crippen molar-refractivity contribution in [1.29, 1.82) is 0 Å². The molecular formula is C11H14BrNO. The van der Waals surface area contributed by atoms with E-state index in [0.717, 1.165) is 16.8 Å². The molecule has 0 radical (unpaired) electrons. The Morgan fingerprint density at radius 1 is 1.50 bits per heavy atom. The molecule has 0 aromatic heterocycles. The highest BCUT2D eigenvalue weighted by Gasteiger charge is 2.18. The normalized spacial score (nSPS) is 21.1. The van der Waals surface area contributed by atoms with E-state index in [-0.39, 0.29) is 0 Å². The molecule has 1 fully saturated rings. The molecule has 0 unspecified atom stereocenters. The minimum atomic E-state index is 0.510. The van der Waals surface area contributed by atoms with Crippen LogP contribution in [0.3, 0.4) is 0 Å². The van der Waals surface area contributed by atoms with Gasteiger partial charge in [-0.05, 0) is 37.1 Å².